The molecule has 1 atom stereocenters. The van der Waals surface area contributed by atoms with Crippen LogP contribution in [0, 0.1) is 11.0 Å². The molecule has 152 valence electrons. The molecule has 1 aliphatic rings. The van der Waals surface area contributed by atoms with Gasteiger partial charge >= 0.3 is 0 Å². The Kier molecular flexibility index (Phi) is 5.52. The van der Waals surface area contributed by atoms with Crippen molar-refractivity contribution in [3.8, 4) is 11.5 Å². The fraction of sp³-hybridized carbons (Fsp3) is 0.0455. The van der Waals surface area contributed by atoms with E-state index in [0.29, 0.717) is 17.1 Å². The van der Waals surface area contributed by atoms with Crippen molar-refractivity contribution < 1.29 is 29.1 Å². The molecule has 0 saturated carbocycles. The van der Waals surface area contributed by atoms with Gasteiger partial charge in [0.1, 0.15) is 23.9 Å². The average Bonchev–Trinajstić information content (AvgIpc) is 3.04. The van der Waals surface area contributed by atoms with Gasteiger partial charge in [0.25, 0.3) is 0 Å². The van der Waals surface area contributed by atoms with Crippen LogP contribution in [0.3, 0.4) is 0 Å². The van der Waals surface area contributed by atoms with Gasteiger partial charge in [-0.3, -0.25) is 4.79 Å². The summed E-state index contributed by atoms with van der Waals surface area (Å²) in [5, 5.41) is 19.0. The van der Waals surface area contributed by atoms with Crippen LogP contribution in [0.1, 0.15) is 21.5 Å². The van der Waals surface area contributed by atoms with Crippen molar-refractivity contribution in [1.82, 2.24) is 0 Å². The molecule has 8 heteroatoms. The normalized spacial score (nSPS) is 15.1. The number of ketones is 1. The molecule has 3 aromatic carbocycles. The summed E-state index contributed by atoms with van der Waals surface area (Å²) in [6.45, 7) is 0.208. The summed E-state index contributed by atoms with van der Waals surface area (Å²) in [6, 6.07) is 15.3. The highest BCUT2D eigenvalue weighted by molar-refractivity contribution is 6.32. The summed E-state index contributed by atoms with van der Waals surface area (Å²) in [5.74, 6) is -0.190. The van der Waals surface area contributed by atoms with Crippen LogP contribution in [0.2, 0.25) is 5.02 Å². The summed E-state index contributed by atoms with van der Waals surface area (Å²) < 4.78 is 25.3. The van der Waals surface area contributed by atoms with E-state index in [0.717, 1.165) is 5.56 Å². The first kappa shape index (κ1) is 20.1. The van der Waals surface area contributed by atoms with Crippen LogP contribution in [0.25, 0.3) is 6.08 Å². The Hall–Kier alpha value is -3.23. The molecular formula is C22H15ClFNO5. The van der Waals surface area contributed by atoms with E-state index in [-0.39, 0.29) is 34.4 Å². The van der Waals surface area contributed by atoms with Gasteiger partial charge in [-0.1, -0.05) is 17.7 Å². The summed E-state index contributed by atoms with van der Waals surface area (Å²) >= 11 is 6.01. The number of rotatable bonds is 5. The van der Waals surface area contributed by atoms with E-state index >= 15 is 0 Å². The molecule has 1 heterocycles. The molecule has 0 saturated heterocycles. The van der Waals surface area contributed by atoms with E-state index in [2.05, 4.69) is 0 Å². The first-order valence-electron chi connectivity index (χ1n) is 8.90. The first-order valence-corrected chi connectivity index (χ1v) is 9.27. The Labute approximate surface area is 175 Å². The number of nitrogens with one attached hydrogen (secondary N) is 1. The van der Waals surface area contributed by atoms with Gasteiger partial charge in [-0.2, -0.15) is 5.23 Å². The Morgan fingerprint density at radius 1 is 1.17 bits per heavy atom. The van der Waals surface area contributed by atoms with Gasteiger partial charge in [0.2, 0.25) is 5.78 Å². The lowest BCUT2D eigenvalue weighted by atomic mass is 10.1. The monoisotopic (exact) mass is 427 g/mol. The third-order valence-corrected chi connectivity index (χ3v) is 4.85. The first-order chi connectivity index (χ1) is 14.4. The number of allylic oxidation sites excluding steroid dienone is 1. The van der Waals surface area contributed by atoms with Crippen molar-refractivity contribution in [2.45, 2.75) is 6.61 Å². The second-order valence-electron chi connectivity index (χ2n) is 6.52. The molecule has 1 aliphatic heterocycles. The molecule has 0 radical (unpaired) electrons. The number of ether oxygens (including phenoxy) is 2. The Morgan fingerprint density at radius 3 is 2.63 bits per heavy atom. The number of benzene rings is 3. The number of carbonyl (C=O) groups excluding carboxylic acids is 1. The maximum Gasteiger partial charge on any atom is 0.231 e. The van der Waals surface area contributed by atoms with Crippen LogP contribution in [-0.2, 0) is 6.61 Å². The van der Waals surface area contributed by atoms with Gasteiger partial charge < -0.3 is 14.7 Å². The maximum absolute atomic E-state index is 14.0. The zero-order chi connectivity index (χ0) is 21.3. The topological polar surface area (TPSA) is 83.3 Å². The third kappa shape index (κ3) is 4.05. The molecule has 0 aliphatic carbocycles. The lowest BCUT2D eigenvalue weighted by molar-refractivity contribution is -0.991. The predicted molar refractivity (Wildman–Crippen MR) is 107 cm³/mol. The second-order valence-corrected chi connectivity index (χ2v) is 6.93. The van der Waals surface area contributed by atoms with Gasteiger partial charge in [0, 0.05) is 23.8 Å². The highest BCUT2D eigenvalue weighted by Gasteiger charge is 2.28. The van der Waals surface area contributed by atoms with Crippen molar-refractivity contribution in [2.75, 3.05) is 0 Å². The second kappa shape index (κ2) is 8.25. The molecule has 30 heavy (non-hydrogen) atoms. The van der Waals surface area contributed by atoms with E-state index in [1.807, 2.05) is 0 Å². The van der Waals surface area contributed by atoms with Crippen LogP contribution in [-0.4, -0.2) is 11.0 Å². The van der Waals surface area contributed by atoms with E-state index in [1.54, 1.807) is 30.3 Å². The number of hydrogen-bond donors (Lipinski definition) is 2. The van der Waals surface area contributed by atoms with Crippen LogP contribution in [0.4, 0.5) is 10.1 Å². The Bertz CT molecular complexity index is 1120. The van der Waals surface area contributed by atoms with Crippen molar-refractivity contribution in [3.05, 3.63) is 99.2 Å². The molecule has 0 bridgehead atoms. The predicted octanol–water partition coefficient (Wildman–Crippen LogP) is 4.08. The Morgan fingerprint density at radius 2 is 1.93 bits per heavy atom. The van der Waals surface area contributed by atoms with Crippen molar-refractivity contribution in [3.63, 3.8) is 0 Å². The lowest BCUT2D eigenvalue weighted by Crippen LogP contribution is -2.99. The van der Waals surface area contributed by atoms with E-state index in [1.165, 1.54) is 36.4 Å². The molecule has 0 spiro atoms. The quantitative estimate of drug-likeness (QED) is 0.473. The van der Waals surface area contributed by atoms with Gasteiger partial charge in [-0.15, -0.1) is 0 Å². The fourth-order valence-electron chi connectivity index (χ4n) is 2.95. The lowest BCUT2D eigenvalue weighted by Gasteiger charge is -2.12. The minimum Gasteiger partial charge on any atom is -0.595 e. The summed E-state index contributed by atoms with van der Waals surface area (Å²) in [5.41, 5.74) is 1.40. The highest BCUT2D eigenvalue weighted by Crippen LogP contribution is 2.36. The zero-order valence-electron chi connectivity index (χ0n) is 15.4. The number of fused-ring (bicyclic) bond motifs is 1. The number of quaternary nitrogens is 1. The fourth-order valence-corrected chi connectivity index (χ4v) is 3.16. The van der Waals surface area contributed by atoms with E-state index in [4.69, 9.17) is 26.3 Å². The number of halogens is 2. The van der Waals surface area contributed by atoms with E-state index < -0.39 is 11.0 Å². The van der Waals surface area contributed by atoms with Crippen molar-refractivity contribution >= 4 is 29.1 Å². The number of carbonyl (C=O) groups is 1. The van der Waals surface area contributed by atoms with Gasteiger partial charge in [-0.05, 0) is 48.0 Å². The van der Waals surface area contributed by atoms with Crippen LogP contribution in [0.5, 0.6) is 11.5 Å². The summed E-state index contributed by atoms with van der Waals surface area (Å²) in [4.78, 5) is 12.6. The van der Waals surface area contributed by atoms with Crippen LogP contribution >= 0.6 is 11.6 Å². The smallest absolute Gasteiger partial charge is 0.231 e. The Balaban J connectivity index is 1.50. The standard InChI is InChI=1S/C22H15ClFNO5/c23-18-2-1-3-19(24)17(18)11-21-22(26)16-9-8-15(10-20(16)30-21)29-12-13-4-6-14(7-5-13)25(27)28/h1-11,25,27H,12H2. The van der Waals surface area contributed by atoms with Crippen LogP contribution < -0.4 is 14.7 Å². The van der Waals surface area contributed by atoms with Gasteiger partial charge in [0.15, 0.2) is 11.4 Å². The number of hydrogen-bond acceptors (Lipinski definition) is 5. The van der Waals surface area contributed by atoms with Crippen LogP contribution in [0.15, 0.2) is 66.4 Å². The molecule has 0 aromatic heterocycles. The molecule has 1 unspecified atom stereocenters. The minimum absolute atomic E-state index is 0.0293. The van der Waals surface area contributed by atoms with E-state index in [9.17, 15) is 14.4 Å². The number of Topliss-reactive ketones (excluding diaryl/α,β-unsaturated/α-hetero) is 1. The molecule has 6 nitrogen and oxygen atoms in total. The molecule has 0 amide bonds. The molecule has 2 N–H and O–H groups in total. The molecular weight excluding hydrogens is 413 g/mol. The molecule has 4 rings (SSSR count). The summed E-state index contributed by atoms with van der Waals surface area (Å²) in [6.07, 6.45) is 1.28. The average molecular weight is 428 g/mol. The molecule has 3 aromatic rings. The third-order valence-electron chi connectivity index (χ3n) is 4.52. The maximum atomic E-state index is 14.0. The SMILES string of the molecule is O=C1C(=Cc2c(F)cccc2Cl)Oc2cc(OCc3ccc([NH+]([O-])O)cc3)ccc21. The molecule has 0 fully saturated rings. The van der Waals surface area contributed by atoms with Gasteiger partial charge in [0.05, 0.1) is 10.6 Å². The van der Waals surface area contributed by atoms with Crippen molar-refractivity contribution in [1.29, 1.82) is 0 Å². The van der Waals surface area contributed by atoms with Crippen molar-refractivity contribution in [2.24, 2.45) is 0 Å². The summed E-state index contributed by atoms with van der Waals surface area (Å²) in [7, 11) is 0. The minimum atomic E-state index is -0.997. The zero-order valence-corrected chi connectivity index (χ0v) is 16.2. The highest BCUT2D eigenvalue weighted by atomic mass is 35.5. The largest absolute Gasteiger partial charge is 0.595 e. The van der Waals surface area contributed by atoms with Gasteiger partial charge in [-0.25, -0.2) is 9.60 Å².